The Bertz CT molecular complexity index is 5030. The lowest BCUT2D eigenvalue weighted by atomic mass is 9.58. The van der Waals surface area contributed by atoms with Crippen LogP contribution in [0.3, 0.4) is 0 Å². The minimum Gasteiger partial charge on any atom is -0.444 e. The molecule has 116 heavy (non-hydrogen) atoms. The molecule has 3 unspecified atom stereocenters. The maximum Gasteiger partial charge on any atom is 0.410 e. The molecule has 15 rings (SSSR count). The number of amides is 2. The molecule has 4 aliphatic heterocycles. The molecule has 584 valence electrons. The molecule has 0 aromatic heterocycles. The molecule has 4 spiro atoms. The summed E-state index contributed by atoms with van der Waals surface area (Å²) in [6.07, 6.45) is 16.3. The van der Waals surface area contributed by atoms with E-state index in [1.165, 1.54) is 0 Å². The van der Waals surface area contributed by atoms with E-state index in [0.717, 1.165) is 114 Å². The molecule has 0 bridgehead atoms. The Kier molecular flexibility index (Phi) is 27.8. The number of carbonyl (C=O) groups is 7. The largest absolute Gasteiger partial charge is 0.444 e. The molecule has 4 heterocycles. The van der Waals surface area contributed by atoms with Gasteiger partial charge in [-0.25, -0.2) is 29.0 Å². The Morgan fingerprint density at radius 1 is 0.405 bits per heavy atom. The summed E-state index contributed by atoms with van der Waals surface area (Å²) in [5.41, 5.74) is 12.7. The van der Waals surface area contributed by atoms with E-state index >= 15 is 0 Å². The number of benzene rings is 7. The highest BCUT2D eigenvalue weighted by molar-refractivity contribution is 6.25. The van der Waals surface area contributed by atoms with Gasteiger partial charge in [-0.05, 0) is 187 Å². The van der Waals surface area contributed by atoms with Gasteiger partial charge in [0.2, 0.25) is 0 Å². The van der Waals surface area contributed by atoms with Gasteiger partial charge in [0.1, 0.15) is 23.3 Å². The van der Waals surface area contributed by atoms with Crippen molar-refractivity contribution in [1.82, 2.24) is 20.4 Å². The Balaban J connectivity index is 0.000000172. The minimum atomic E-state index is -0.604. The van der Waals surface area contributed by atoms with E-state index in [9.17, 15) is 33.6 Å². The van der Waals surface area contributed by atoms with Crippen LogP contribution in [-0.4, -0.2) is 115 Å². The molecule has 7 aromatic rings. The van der Waals surface area contributed by atoms with Crippen molar-refractivity contribution in [3.05, 3.63) is 305 Å². The smallest absolute Gasteiger partial charge is 0.410 e. The standard InChI is InChI=1S/C28H25N3O3.2C23H17N3O.C12H19NO3.C8H5NO.2ClH/c1-27(2,3)34-26(33)31-14-13-28(18-31)23(15-19-5-7-21(17-29)8-6-19)25(32)24(28)16-20-9-11-22(30-4)12-10-20;2*1-25-19-8-6-17(7-9-19)13-21-22(27)20(23(21)10-11-26-15-23)12-16-2-4-18(14-24)5-3-16;1-11(2,3)16-10(15)13-5-4-12(8-13)6-9(14)7-12;1-9-8-4-2-7(6-10)3-5-8;;/h5-12,15-16H,13-14,18H2,1-3H3;2*2-9,12-13,26H,10-11,15H2;4-8H2,1-3H3;2-6H;2*1H/b23-15-,24-16-;2*20-12-,21-13-;;;;. The lowest BCUT2D eigenvalue weighted by Gasteiger charge is -2.43. The van der Waals surface area contributed by atoms with Gasteiger partial charge in [-0.2, -0.15) is 15.8 Å². The van der Waals surface area contributed by atoms with Crippen molar-refractivity contribution in [2.45, 2.75) is 91.3 Å². The average molecular weight is 1580 g/mol. The van der Waals surface area contributed by atoms with Crippen molar-refractivity contribution in [2.24, 2.45) is 21.7 Å². The van der Waals surface area contributed by atoms with E-state index in [4.69, 9.17) is 51.5 Å². The summed E-state index contributed by atoms with van der Waals surface area (Å²) < 4.78 is 10.9. The van der Waals surface area contributed by atoms with Crippen LogP contribution in [-0.2, 0) is 28.7 Å². The fourth-order valence-corrected chi connectivity index (χ4v) is 15.3. The molecule has 7 aromatic carbocycles. The van der Waals surface area contributed by atoms with Crippen LogP contribution in [0.2, 0.25) is 0 Å². The summed E-state index contributed by atoms with van der Waals surface area (Å²) in [6, 6.07) is 56.2. The van der Waals surface area contributed by atoms with E-state index < -0.39 is 16.6 Å². The zero-order valence-electron chi connectivity index (χ0n) is 65.1. The number of nitrogens with zero attached hydrogens (tertiary/aromatic N) is 9. The fourth-order valence-electron chi connectivity index (χ4n) is 15.3. The number of ether oxygens (including phenoxy) is 2. The molecule has 0 radical (unpaired) electrons. The van der Waals surface area contributed by atoms with Gasteiger partial charge in [-0.15, -0.1) is 24.8 Å². The van der Waals surface area contributed by atoms with Gasteiger partial charge < -0.3 is 29.9 Å². The molecule has 2 N–H and O–H groups in total. The molecule has 3 atom stereocenters. The van der Waals surface area contributed by atoms with Gasteiger partial charge >= 0.3 is 12.2 Å². The maximum atomic E-state index is 13.3. The van der Waals surface area contributed by atoms with Gasteiger partial charge in [-0.3, -0.25) is 24.0 Å². The van der Waals surface area contributed by atoms with Gasteiger partial charge in [0.25, 0.3) is 0 Å². The number of nitrogens with one attached hydrogen (secondary N) is 2. The zero-order valence-corrected chi connectivity index (χ0v) is 66.8. The summed E-state index contributed by atoms with van der Waals surface area (Å²) in [5, 5.41) is 33.7. The number of likely N-dealkylation sites (tertiary alicyclic amines) is 2. The van der Waals surface area contributed by atoms with Crippen LogP contribution < -0.4 is 10.6 Å². The van der Waals surface area contributed by atoms with E-state index in [0.29, 0.717) is 101 Å². The molecule has 4 aliphatic carbocycles. The van der Waals surface area contributed by atoms with Crippen molar-refractivity contribution in [3.63, 3.8) is 0 Å². The third-order valence-electron chi connectivity index (χ3n) is 21.2. The fraction of sp³-hybridized carbons (Fsp3) is 0.277. The molecule has 22 heteroatoms. The SMILES string of the molecule is CC(C)(C)OC(=O)N1CCC2(CC(=O)C2)C1.Cl.Cl.[C-]#[N+]c1ccc(/C=C2/C(=O)/C(=C/c3ccc(C#N)cc3)C23CCN(C(=O)OC(C)(C)C)C3)cc1.[C-]#[N+]c1ccc(/C=C2/C(=O)/C(=C/c3ccc(C#N)cc3)C23CCNC3)cc1.[C-]#[N+]c1ccc(/C=C2/C(=O)/C(=C/c3ccc(C#N)cc3)C23CCNC3)cc1.[C-]#[N+]c1ccc(C=O)cc1. The second-order valence-electron chi connectivity index (χ2n) is 31.3. The molecule has 8 aliphatic rings. The third kappa shape index (κ3) is 19.9. The Morgan fingerprint density at radius 2 is 0.672 bits per heavy atom. The van der Waals surface area contributed by atoms with Crippen molar-refractivity contribution < 1.29 is 43.0 Å². The van der Waals surface area contributed by atoms with E-state index in [1.54, 1.807) is 107 Å². The first-order valence-electron chi connectivity index (χ1n) is 37.4. The monoisotopic (exact) mass is 1580 g/mol. The van der Waals surface area contributed by atoms with E-state index in [-0.39, 0.29) is 70.6 Å². The van der Waals surface area contributed by atoms with Crippen LogP contribution >= 0.6 is 24.8 Å². The molecule has 2 amide bonds. The van der Waals surface area contributed by atoms with Crippen molar-refractivity contribution in [1.29, 1.82) is 15.8 Å². The van der Waals surface area contributed by atoms with Crippen LogP contribution in [0.25, 0.3) is 55.8 Å². The number of hydrogen-bond acceptors (Lipinski definition) is 14. The minimum absolute atomic E-state index is 0. The van der Waals surface area contributed by atoms with Crippen LogP contribution in [0.15, 0.2) is 203 Å². The molecule has 8 fully saturated rings. The summed E-state index contributed by atoms with van der Waals surface area (Å²) in [6.45, 7) is 44.5. The number of halogens is 2. The Hall–Kier alpha value is -13.2. The predicted molar refractivity (Wildman–Crippen MR) is 451 cm³/mol. The second kappa shape index (κ2) is 37.2. The number of nitriles is 3. The molecule has 4 saturated heterocycles. The topological polar surface area (TPSA) is 257 Å². The molecular formula is C94H85Cl2N11O9. The van der Waals surface area contributed by atoms with Gasteiger partial charge in [0, 0.05) is 113 Å². The highest BCUT2D eigenvalue weighted by atomic mass is 35.5. The lowest BCUT2D eigenvalue weighted by molar-refractivity contribution is -0.132. The van der Waals surface area contributed by atoms with Gasteiger partial charge in [0.15, 0.2) is 40.1 Å². The Morgan fingerprint density at radius 3 is 0.922 bits per heavy atom. The van der Waals surface area contributed by atoms with Crippen molar-refractivity contribution in [3.8, 4) is 18.2 Å². The first kappa shape index (κ1) is 86.8. The highest BCUT2D eigenvalue weighted by Crippen LogP contribution is 2.57. The predicted octanol–water partition coefficient (Wildman–Crippen LogP) is 18.9. The van der Waals surface area contributed by atoms with Crippen molar-refractivity contribution in [2.75, 3.05) is 52.4 Å². The first-order chi connectivity index (χ1) is 54.6. The summed E-state index contributed by atoms with van der Waals surface area (Å²) >= 11 is 0. The summed E-state index contributed by atoms with van der Waals surface area (Å²) in [5.74, 6) is 0.435. The van der Waals surface area contributed by atoms with Crippen LogP contribution in [0.5, 0.6) is 0 Å². The van der Waals surface area contributed by atoms with Gasteiger partial charge in [0.05, 0.1) is 61.2 Å². The van der Waals surface area contributed by atoms with Crippen molar-refractivity contribution >= 4 is 126 Å². The van der Waals surface area contributed by atoms with Crippen LogP contribution in [0.4, 0.5) is 32.3 Å². The summed E-state index contributed by atoms with van der Waals surface area (Å²) in [4.78, 5) is 102. The van der Waals surface area contributed by atoms with E-state index in [2.05, 4.69) is 48.2 Å². The van der Waals surface area contributed by atoms with Crippen LogP contribution in [0, 0.1) is 81.9 Å². The number of hydrogen-bond donors (Lipinski definition) is 2. The number of aldehydes is 1. The third-order valence-corrected chi connectivity index (χ3v) is 21.2. The number of ketones is 4. The number of carbonyl (C=O) groups excluding carboxylic acids is 7. The normalized spacial score (nSPS) is 21.5. The van der Waals surface area contributed by atoms with E-state index in [1.807, 2.05) is 151 Å². The number of rotatable bonds is 7. The quantitative estimate of drug-likeness (QED) is 0.0855. The first-order valence-corrected chi connectivity index (χ1v) is 37.4. The number of Topliss-reactive ketones (excluding diaryl/α,β-unsaturated/α-hetero) is 4. The molecule has 4 saturated carbocycles. The average Bonchev–Trinajstić information content (AvgIpc) is 1.33. The maximum absolute atomic E-state index is 13.3. The van der Waals surface area contributed by atoms with Crippen LogP contribution in [0.1, 0.15) is 140 Å². The van der Waals surface area contributed by atoms with Gasteiger partial charge in [-0.1, -0.05) is 133 Å². The highest BCUT2D eigenvalue weighted by Gasteiger charge is 2.59. The summed E-state index contributed by atoms with van der Waals surface area (Å²) in [7, 11) is 0. The lowest BCUT2D eigenvalue weighted by Crippen LogP contribution is -2.47. The molecule has 20 nitrogen and oxygen atoms in total. The Labute approximate surface area is 688 Å². The zero-order chi connectivity index (χ0) is 81.6. The second-order valence-corrected chi connectivity index (χ2v) is 31.3. The molecular weight excluding hydrogens is 1500 g/mol.